The van der Waals surface area contributed by atoms with E-state index in [9.17, 15) is 4.79 Å². The third kappa shape index (κ3) is 6.12. The molecule has 0 bridgehead atoms. The van der Waals surface area contributed by atoms with Gasteiger partial charge in [-0.2, -0.15) is 0 Å². The number of nitrogens with zero attached hydrogens (tertiary/aromatic N) is 1. The molecule has 0 aliphatic rings. The summed E-state index contributed by atoms with van der Waals surface area (Å²) in [5.41, 5.74) is 3.03. The van der Waals surface area contributed by atoms with Crippen LogP contribution < -0.4 is 4.74 Å². The molecule has 0 saturated heterocycles. The fourth-order valence-electron chi connectivity index (χ4n) is 2.86. The molecule has 2 aromatic carbocycles. The third-order valence-electron chi connectivity index (χ3n) is 4.34. The molecule has 3 aromatic rings. The number of carbonyl (C=O) groups excluding carboxylic acids is 1. The predicted molar refractivity (Wildman–Crippen MR) is 115 cm³/mol. The lowest BCUT2D eigenvalue weighted by Crippen LogP contribution is -2.04. The van der Waals surface area contributed by atoms with Gasteiger partial charge in [0.2, 0.25) is 5.89 Å². The van der Waals surface area contributed by atoms with Gasteiger partial charge in [0, 0.05) is 24.2 Å². The van der Waals surface area contributed by atoms with Crippen molar-refractivity contribution in [2.45, 2.75) is 25.5 Å². The molecule has 0 spiro atoms. The highest BCUT2D eigenvalue weighted by atomic mass is 32.2. The second-order valence-electron chi connectivity index (χ2n) is 6.42. The summed E-state index contributed by atoms with van der Waals surface area (Å²) in [5, 5.41) is 0. The number of aryl methyl sites for hydroxylation is 1. The van der Waals surface area contributed by atoms with Crippen molar-refractivity contribution in [3.63, 3.8) is 0 Å². The lowest BCUT2D eigenvalue weighted by Gasteiger charge is -2.07. The van der Waals surface area contributed by atoms with Gasteiger partial charge in [-0.1, -0.05) is 37.3 Å². The molecule has 0 N–H and O–H groups in total. The minimum absolute atomic E-state index is 0.211. The number of methoxy groups -OCH3 is 1. The Morgan fingerprint density at radius 1 is 1.14 bits per heavy atom. The van der Waals surface area contributed by atoms with Gasteiger partial charge in [0.05, 0.1) is 25.2 Å². The summed E-state index contributed by atoms with van der Waals surface area (Å²) in [6, 6.07) is 17.8. The highest BCUT2D eigenvalue weighted by Gasteiger charge is 2.13. The molecule has 3 rings (SSSR count). The molecule has 0 fully saturated rings. The molecule has 29 heavy (non-hydrogen) atoms. The molecule has 0 unspecified atom stereocenters. The van der Waals surface area contributed by atoms with E-state index in [0.29, 0.717) is 24.7 Å². The molecule has 152 valence electrons. The number of aromatic nitrogens is 1. The zero-order valence-corrected chi connectivity index (χ0v) is 17.5. The molecule has 6 heteroatoms. The molecule has 1 aromatic heterocycles. The minimum atomic E-state index is -0.211. The number of carbonyl (C=O) groups is 1. The van der Waals surface area contributed by atoms with Crippen LogP contribution in [-0.2, 0) is 28.1 Å². The van der Waals surface area contributed by atoms with E-state index in [1.54, 1.807) is 0 Å². The number of ether oxygens (including phenoxy) is 2. The Bertz CT molecular complexity index is 924. The largest absolute Gasteiger partial charge is 0.493 e. The third-order valence-corrected chi connectivity index (χ3v) is 5.32. The Balaban J connectivity index is 1.55. The Labute approximate surface area is 175 Å². The molecule has 1 heterocycles. The molecule has 5 nitrogen and oxygen atoms in total. The predicted octanol–water partition coefficient (Wildman–Crippen LogP) is 4.93. The first-order valence-corrected chi connectivity index (χ1v) is 10.8. The molecule has 0 saturated carbocycles. The number of hydrogen-bond donors (Lipinski definition) is 0. The van der Waals surface area contributed by atoms with Crippen LogP contribution in [0.1, 0.15) is 23.9 Å². The van der Waals surface area contributed by atoms with Crippen molar-refractivity contribution < 1.29 is 18.7 Å². The van der Waals surface area contributed by atoms with Crippen molar-refractivity contribution in [1.82, 2.24) is 4.98 Å². The maximum atomic E-state index is 11.2. The van der Waals surface area contributed by atoms with Crippen LogP contribution >= 0.6 is 11.8 Å². The van der Waals surface area contributed by atoms with E-state index in [-0.39, 0.29) is 5.97 Å². The quantitative estimate of drug-likeness (QED) is 0.441. The number of esters is 1. The number of oxazole rings is 1. The number of rotatable bonds is 10. The average molecular weight is 412 g/mol. The first kappa shape index (κ1) is 21.0. The van der Waals surface area contributed by atoms with Gasteiger partial charge < -0.3 is 13.9 Å². The standard InChI is InChI=1S/C23H25NO4S/c1-3-21-20(24-23(28-21)18-9-5-4-6-10-18)12-13-27-19-11-7-8-17(14-19)15-29-16-22(25)26-2/h4-11,14H,3,12-13,15-16H2,1-2H3. The van der Waals surface area contributed by atoms with Crippen LogP contribution in [0.5, 0.6) is 5.75 Å². The van der Waals surface area contributed by atoms with Gasteiger partial charge in [-0.25, -0.2) is 4.98 Å². The summed E-state index contributed by atoms with van der Waals surface area (Å²) >= 11 is 1.52. The number of hydrogen-bond acceptors (Lipinski definition) is 6. The van der Waals surface area contributed by atoms with Crippen LogP contribution in [0.2, 0.25) is 0 Å². The van der Waals surface area contributed by atoms with Crippen LogP contribution in [0.25, 0.3) is 11.5 Å². The number of thioether (sulfide) groups is 1. The average Bonchev–Trinajstić information content (AvgIpc) is 3.18. The van der Waals surface area contributed by atoms with E-state index in [0.717, 1.165) is 40.5 Å². The zero-order valence-electron chi connectivity index (χ0n) is 16.7. The van der Waals surface area contributed by atoms with E-state index in [4.69, 9.17) is 9.15 Å². The fraction of sp³-hybridized carbons (Fsp3) is 0.304. The first-order valence-electron chi connectivity index (χ1n) is 9.60. The smallest absolute Gasteiger partial charge is 0.315 e. The van der Waals surface area contributed by atoms with Gasteiger partial charge in [0.25, 0.3) is 0 Å². The topological polar surface area (TPSA) is 61.6 Å². The summed E-state index contributed by atoms with van der Waals surface area (Å²) in [6.07, 6.45) is 1.48. The molecule has 0 radical (unpaired) electrons. The van der Waals surface area contributed by atoms with Crippen LogP contribution in [0.4, 0.5) is 0 Å². The summed E-state index contributed by atoms with van der Waals surface area (Å²) < 4.78 is 16.5. The molecule has 0 aliphatic heterocycles. The highest BCUT2D eigenvalue weighted by Crippen LogP contribution is 2.23. The Morgan fingerprint density at radius 2 is 1.97 bits per heavy atom. The molecular formula is C23H25NO4S. The van der Waals surface area contributed by atoms with Gasteiger partial charge >= 0.3 is 5.97 Å². The first-order chi connectivity index (χ1) is 14.2. The van der Waals surface area contributed by atoms with E-state index >= 15 is 0 Å². The van der Waals surface area contributed by atoms with E-state index in [2.05, 4.69) is 16.6 Å². The Morgan fingerprint density at radius 3 is 2.72 bits per heavy atom. The summed E-state index contributed by atoms with van der Waals surface area (Å²) in [6.45, 7) is 2.58. The van der Waals surface area contributed by atoms with E-state index in [1.165, 1.54) is 18.9 Å². The normalized spacial score (nSPS) is 10.7. The van der Waals surface area contributed by atoms with Gasteiger partial charge in [0.1, 0.15) is 11.5 Å². The second-order valence-corrected chi connectivity index (χ2v) is 7.41. The maximum absolute atomic E-state index is 11.2. The maximum Gasteiger partial charge on any atom is 0.315 e. The summed E-state index contributed by atoms with van der Waals surface area (Å²) in [4.78, 5) is 15.9. The van der Waals surface area contributed by atoms with Crippen molar-refractivity contribution in [2.75, 3.05) is 19.5 Å². The molecular weight excluding hydrogens is 386 g/mol. The SMILES string of the molecule is CCc1oc(-c2ccccc2)nc1CCOc1cccc(CSCC(=O)OC)c1. The fourth-order valence-corrected chi connectivity index (χ4v) is 3.66. The molecule has 0 amide bonds. The van der Waals surface area contributed by atoms with Crippen LogP contribution in [0, 0.1) is 0 Å². The van der Waals surface area contributed by atoms with Crippen molar-refractivity contribution in [1.29, 1.82) is 0 Å². The van der Waals surface area contributed by atoms with Crippen molar-refractivity contribution in [2.24, 2.45) is 0 Å². The second kappa shape index (κ2) is 10.7. The lowest BCUT2D eigenvalue weighted by molar-refractivity contribution is -0.137. The minimum Gasteiger partial charge on any atom is -0.493 e. The van der Waals surface area contributed by atoms with Crippen LogP contribution in [0.15, 0.2) is 59.0 Å². The van der Waals surface area contributed by atoms with Gasteiger partial charge in [-0.3, -0.25) is 4.79 Å². The lowest BCUT2D eigenvalue weighted by atomic mass is 10.2. The Kier molecular flexibility index (Phi) is 7.76. The van der Waals surface area contributed by atoms with Crippen LogP contribution in [0.3, 0.4) is 0 Å². The zero-order chi connectivity index (χ0) is 20.5. The van der Waals surface area contributed by atoms with Crippen molar-refractivity contribution in [3.8, 4) is 17.2 Å². The summed E-state index contributed by atoms with van der Waals surface area (Å²) in [7, 11) is 1.40. The van der Waals surface area contributed by atoms with Gasteiger partial charge in [-0.05, 0) is 29.8 Å². The molecule has 0 aliphatic carbocycles. The monoisotopic (exact) mass is 411 g/mol. The van der Waals surface area contributed by atoms with Crippen molar-refractivity contribution >= 4 is 17.7 Å². The van der Waals surface area contributed by atoms with Gasteiger partial charge in [-0.15, -0.1) is 11.8 Å². The van der Waals surface area contributed by atoms with Crippen LogP contribution in [-0.4, -0.2) is 30.4 Å². The number of benzene rings is 2. The highest BCUT2D eigenvalue weighted by molar-refractivity contribution is 7.99. The summed E-state index contributed by atoms with van der Waals surface area (Å²) in [5.74, 6) is 3.23. The Hall–Kier alpha value is -2.73. The molecule has 0 atom stereocenters. The van der Waals surface area contributed by atoms with E-state index < -0.39 is 0 Å². The van der Waals surface area contributed by atoms with Gasteiger partial charge in [0.15, 0.2) is 0 Å². The van der Waals surface area contributed by atoms with Crippen molar-refractivity contribution in [3.05, 3.63) is 71.6 Å². The van der Waals surface area contributed by atoms with E-state index in [1.807, 2.05) is 54.6 Å².